The van der Waals surface area contributed by atoms with Crippen LogP contribution in [0.4, 0.5) is 0 Å². The fourth-order valence-electron chi connectivity index (χ4n) is 2.94. The van der Waals surface area contributed by atoms with Crippen LogP contribution in [0.25, 0.3) is 0 Å². The largest absolute Gasteiger partial charge is 0.389 e. The molecule has 1 aliphatic heterocycles. The fraction of sp³-hybridized carbons (Fsp3) is 1.00. The number of aliphatic hydroxyl groups is 1. The highest BCUT2D eigenvalue weighted by atomic mass is 16.3. The van der Waals surface area contributed by atoms with E-state index in [0.717, 1.165) is 39.0 Å². The Kier molecular flexibility index (Phi) is 3.65. The highest BCUT2D eigenvalue weighted by Gasteiger charge is 2.32. The first-order valence-corrected chi connectivity index (χ1v) is 6.36. The first-order chi connectivity index (χ1) is 7.18. The minimum atomic E-state index is -0.380. The van der Waals surface area contributed by atoms with Gasteiger partial charge in [-0.1, -0.05) is 19.3 Å². The predicted molar refractivity (Wildman–Crippen MR) is 61.9 cm³/mol. The van der Waals surface area contributed by atoms with E-state index >= 15 is 0 Å². The number of nitrogens with zero attached hydrogens (tertiary/aromatic N) is 1. The second-order valence-corrected chi connectivity index (χ2v) is 5.38. The second-order valence-electron chi connectivity index (χ2n) is 5.38. The average molecular weight is 212 g/mol. The van der Waals surface area contributed by atoms with Crippen LogP contribution < -0.4 is 5.32 Å². The van der Waals surface area contributed by atoms with Crippen LogP contribution in [-0.2, 0) is 0 Å². The summed E-state index contributed by atoms with van der Waals surface area (Å²) in [5, 5.41) is 13.9. The minimum Gasteiger partial charge on any atom is -0.389 e. The maximum absolute atomic E-state index is 10.4. The number of piperazine rings is 1. The van der Waals surface area contributed by atoms with E-state index in [4.69, 9.17) is 0 Å². The van der Waals surface area contributed by atoms with Gasteiger partial charge in [0.2, 0.25) is 0 Å². The third kappa shape index (κ3) is 3.16. The van der Waals surface area contributed by atoms with Crippen molar-refractivity contribution in [2.75, 3.05) is 26.2 Å². The summed E-state index contributed by atoms with van der Waals surface area (Å²) in [5.41, 5.74) is -0.380. The topological polar surface area (TPSA) is 35.5 Å². The van der Waals surface area contributed by atoms with Gasteiger partial charge in [0.1, 0.15) is 0 Å². The van der Waals surface area contributed by atoms with E-state index < -0.39 is 0 Å². The lowest BCUT2D eigenvalue weighted by molar-refractivity contribution is -0.0308. The molecule has 0 amide bonds. The summed E-state index contributed by atoms with van der Waals surface area (Å²) < 4.78 is 0. The van der Waals surface area contributed by atoms with Crippen molar-refractivity contribution in [3.8, 4) is 0 Å². The van der Waals surface area contributed by atoms with E-state index in [1.54, 1.807) is 0 Å². The highest BCUT2D eigenvalue weighted by Crippen LogP contribution is 2.28. The molecule has 2 rings (SSSR count). The van der Waals surface area contributed by atoms with E-state index in [-0.39, 0.29) is 5.60 Å². The monoisotopic (exact) mass is 212 g/mol. The van der Waals surface area contributed by atoms with Crippen LogP contribution in [0.5, 0.6) is 0 Å². The standard InChI is InChI=1S/C12H24N2O/c1-11-9-14(8-7-13-11)10-12(15)5-3-2-4-6-12/h11,13,15H,2-10H2,1H3. The van der Waals surface area contributed by atoms with Gasteiger partial charge in [-0.2, -0.15) is 0 Å². The molecule has 1 unspecified atom stereocenters. The molecule has 1 aliphatic carbocycles. The van der Waals surface area contributed by atoms with Crippen LogP contribution in [0, 0.1) is 0 Å². The van der Waals surface area contributed by atoms with Crippen molar-refractivity contribution in [2.24, 2.45) is 0 Å². The molecule has 2 N–H and O–H groups in total. The molecule has 0 aromatic heterocycles. The predicted octanol–water partition coefficient (Wildman–Crippen LogP) is 0.975. The van der Waals surface area contributed by atoms with E-state index in [9.17, 15) is 5.11 Å². The summed E-state index contributed by atoms with van der Waals surface area (Å²) >= 11 is 0. The molecule has 0 bridgehead atoms. The molecular formula is C12H24N2O. The van der Waals surface area contributed by atoms with Crippen molar-refractivity contribution >= 4 is 0 Å². The van der Waals surface area contributed by atoms with Crippen molar-refractivity contribution in [1.82, 2.24) is 10.2 Å². The Hall–Kier alpha value is -0.120. The Labute approximate surface area is 92.8 Å². The van der Waals surface area contributed by atoms with Gasteiger partial charge in [-0.25, -0.2) is 0 Å². The number of rotatable bonds is 2. The van der Waals surface area contributed by atoms with E-state index in [2.05, 4.69) is 17.1 Å². The molecule has 2 aliphatic rings. The lowest BCUT2D eigenvalue weighted by Crippen LogP contribution is -2.54. The Balaban J connectivity index is 1.83. The molecule has 1 heterocycles. The first-order valence-electron chi connectivity index (χ1n) is 6.36. The zero-order valence-corrected chi connectivity index (χ0v) is 9.84. The van der Waals surface area contributed by atoms with Crippen LogP contribution in [0.2, 0.25) is 0 Å². The highest BCUT2D eigenvalue weighted by molar-refractivity contribution is 4.87. The summed E-state index contributed by atoms with van der Waals surface area (Å²) in [6.45, 7) is 6.35. The van der Waals surface area contributed by atoms with Crippen molar-refractivity contribution in [2.45, 2.75) is 50.7 Å². The van der Waals surface area contributed by atoms with Crippen LogP contribution in [0.1, 0.15) is 39.0 Å². The zero-order valence-electron chi connectivity index (χ0n) is 9.84. The van der Waals surface area contributed by atoms with Crippen LogP contribution in [-0.4, -0.2) is 47.8 Å². The number of β-amino-alcohol motifs (C(OH)–C–C–N with tert-alkyl or cyclic N) is 1. The third-order valence-electron chi connectivity index (χ3n) is 3.76. The van der Waals surface area contributed by atoms with E-state index in [1.807, 2.05) is 0 Å². The van der Waals surface area contributed by atoms with Crippen molar-refractivity contribution in [3.63, 3.8) is 0 Å². The van der Waals surface area contributed by atoms with Gasteiger partial charge >= 0.3 is 0 Å². The van der Waals surface area contributed by atoms with Gasteiger partial charge in [-0.15, -0.1) is 0 Å². The number of hydrogen-bond donors (Lipinski definition) is 2. The smallest absolute Gasteiger partial charge is 0.0774 e. The normalized spacial score (nSPS) is 32.8. The van der Waals surface area contributed by atoms with Gasteiger partial charge in [0.25, 0.3) is 0 Å². The summed E-state index contributed by atoms with van der Waals surface area (Å²) in [6.07, 6.45) is 5.73. The summed E-state index contributed by atoms with van der Waals surface area (Å²) in [6, 6.07) is 0.575. The summed E-state index contributed by atoms with van der Waals surface area (Å²) in [4.78, 5) is 2.42. The molecule has 0 aromatic carbocycles. The lowest BCUT2D eigenvalue weighted by Gasteiger charge is -2.40. The van der Waals surface area contributed by atoms with Gasteiger partial charge in [-0.3, -0.25) is 4.90 Å². The molecule has 0 spiro atoms. The zero-order chi connectivity index (χ0) is 10.7. The molecule has 1 saturated heterocycles. The van der Waals surface area contributed by atoms with Crippen LogP contribution >= 0.6 is 0 Å². The van der Waals surface area contributed by atoms with Gasteiger partial charge < -0.3 is 10.4 Å². The van der Waals surface area contributed by atoms with E-state index in [1.165, 1.54) is 19.3 Å². The summed E-state index contributed by atoms with van der Waals surface area (Å²) in [5.74, 6) is 0. The van der Waals surface area contributed by atoms with Crippen LogP contribution in [0.3, 0.4) is 0 Å². The summed E-state index contributed by atoms with van der Waals surface area (Å²) in [7, 11) is 0. The van der Waals surface area contributed by atoms with Crippen molar-refractivity contribution in [1.29, 1.82) is 0 Å². The van der Waals surface area contributed by atoms with E-state index in [0.29, 0.717) is 6.04 Å². The minimum absolute atomic E-state index is 0.380. The molecule has 15 heavy (non-hydrogen) atoms. The molecule has 3 heteroatoms. The second kappa shape index (κ2) is 4.81. The third-order valence-corrected chi connectivity index (χ3v) is 3.76. The molecule has 2 fully saturated rings. The molecule has 1 saturated carbocycles. The van der Waals surface area contributed by atoms with Gasteiger partial charge in [-0.05, 0) is 19.8 Å². The Morgan fingerprint density at radius 1 is 1.33 bits per heavy atom. The Bertz CT molecular complexity index is 202. The Morgan fingerprint density at radius 2 is 2.07 bits per heavy atom. The molecular weight excluding hydrogens is 188 g/mol. The fourth-order valence-corrected chi connectivity index (χ4v) is 2.94. The molecule has 0 aromatic rings. The van der Waals surface area contributed by atoms with Crippen molar-refractivity contribution < 1.29 is 5.11 Å². The van der Waals surface area contributed by atoms with Gasteiger partial charge in [0.05, 0.1) is 5.60 Å². The van der Waals surface area contributed by atoms with Crippen molar-refractivity contribution in [3.05, 3.63) is 0 Å². The lowest BCUT2D eigenvalue weighted by atomic mass is 9.84. The average Bonchev–Trinajstić information content (AvgIpc) is 2.18. The molecule has 3 nitrogen and oxygen atoms in total. The molecule has 88 valence electrons. The molecule has 1 atom stereocenters. The number of nitrogens with one attached hydrogen (secondary N) is 1. The maximum atomic E-state index is 10.4. The SMILES string of the molecule is CC1CN(CC2(O)CCCCC2)CCN1. The quantitative estimate of drug-likeness (QED) is 0.716. The first kappa shape index (κ1) is 11.4. The molecule has 0 radical (unpaired) electrons. The van der Waals surface area contributed by atoms with Gasteiger partial charge in [0.15, 0.2) is 0 Å². The Morgan fingerprint density at radius 3 is 2.73 bits per heavy atom. The van der Waals surface area contributed by atoms with Crippen LogP contribution in [0.15, 0.2) is 0 Å². The number of hydrogen-bond acceptors (Lipinski definition) is 3. The van der Waals surface area contributed by atoms with Gasteiger partial charge in [0, 0.05) is 32.2 Å². The maximum Gasteiger partial charge on any atom is 0.0774 e.